The van der Waals surface area contributed by atoms with Gasteiger partial charge >= 0.3 is 0 Å². The van der Waals surface area contributed by atoms with E-state index < -0.39 is 0 Å². The summed E-state index contributed by atoms with van der Waals surface area (Å²) in [5.41, 5.74) is 3.70. The number of benzene rings is 4. The topological polar surface area (TPSA) is 59.1 Å². The minimum absolute atomic E-state index is 0.139. The second-order valence-corrected chi connectivity index (χ2v) is 10.8. The molecule has 0 aliphatic rings. The molecule has 8 heteroatoms. The first-order valence-corrected chi connectivity index (χ1v) is 14.5. The lowest BCUT2D eigenvalue weighted by Crippen LogP contribution is -2.43. The Labute approximate surface area is 257 Å². The monoisotopic (exact) mass is 604 g/mol. The minimum atomic E-state index is -0.188. The lowest BCUT2D eigenvalue weighted by Gasteiger charge is -2.28. The first kappa shape index (κ1) is 30.9. The van der Waals surface area contributed by atoms with Crippen molar-refractivity contribution in [1.29, 1.82) is 0 Å². The lowest BCUT2D eigenvalue weighted by molar-refractivity contribution is -0.138. The molecular weight excluding hydrogens is 571 g/mol. The summed E-state index contributed by atoms with van der Waals surface area (Å²) < 4.78 is 11.6. The predicted octanol–water partition coefficient (Wildman–Crippen LogP) is 7.13. The molecular formula is C34H34Cl2N2O4. The molecule has 4 aromatic rings. The largest absolute Gasteiger partial charge is 0.484 e. The Morgan fingerprint density at radius 1 is 0.595 bits per heavy atom. The van der Waals surface area contributed by atoms with Crippen molar-refractivity contribution >= 4 is 35.0 Å². The molecule has 0 spiro atoms. The van der Waals surface area contributed by atoms with Crippen LogP contribution in [0, 0.1) is 13.8 Å². The number of aryl methyl sites for hydroxylation is 2. The number of rotatable bonds is 13. The van der Waals surface area contributed by atoms with E-state index in [-0.39, 0.29) is 25.0 Å². The van der Waals surface area contributed by atoms with Crippen LogP contribution in [0.15, 0.2) is 97.1 Å². The Hall–Kier alpha value is -4.00. The summed E-state index contributed by atoms with van der Waals surface area (Å²) in [6.45, 7) is 4.89. The van der Waals surface area contributed by atoms with Crippen LogP contribution < -0.4 is 9.47 Å². The van der Waals surface area contributed by atoms with Gasteiger partial charge in [-0.3, -0.25) is 9.59 Å². The van der Waals surface area contributed by atoms with E-state index in [1.54, 1.807) is 46.2 Å². The second kappa shape index (κ2) is 15.3. The molecule has 4 aromatic carbocycles. The quantitative estimate of drug-likeness (QED) is 0.163. The summed E-state index contributed by atoms with van der Waals surface area (Å²) in [6, 6.07) is 30.1. The van der Waals surface area contributed by atoms with Gasteiger partial charge in [-0.15, -0.1) is 0 Å². The molecule has 0 aliphatic heterocycles. The normalized spacial score (nSPS) is 10.7. The van der Waals surface area contributed by atoms with E-state index in [9.17, 15) is 9.59 Å². The van der Waals surface area contributed by atoms with Gasteiger partial charge in [0, 0.05) is 36.2 Å². The molecule has 2 amide bonds. The Balaban J connectivity index is 1.46. The molecule has 0 saturated heterocycles. The SMILES string of the molecule is Cc1cc(OCC(=O)N(CCN(Cc2ccccc2)C(=O)COc2ccc(Cl)c(C)c2)Cc2ccccc2)ccc1Cl. The molecule has 0 saturated carbocycles. The molecule has 0 atom stereocenters. The molecule has 0 unspecified atom stereocenters. The maximum atomic E-state index is 13.4. The van der Waals surface area contributed by atoms with E-state index in [0.29, 0.717) is 47.7 Å². The number of halogens is 2. The van der Waals surface area contributed by atoms with Crippen LogP contribution in [-0.2, 0) is 22.7 Å². The van der Waals surface area contributed by atoms with Gasteiger partial charge in [0.05, 0.1) is 0 Å². The van der Waals surface area contributed by atoms with Crippen molar-refractivity contribution in [2.45, 2.75) is 26.9 Å². The van der Waals surface area contributed by atoms with Crippen molar-refractivity contribution in [2.75, 3.05) is 26.3 Å². The van der Waals surface area contributed by atoms with Crippen LogP contribution >= 0.6 is 23.2 Å². The van der Waals surface area contributed by atoms with Gasteiger partial charge in [0.25, 0.3) is 11.8 Å². The molecule has 0 aliphatic carbocycles. The Morgan fingerprint density at radius 3 is 1.33 bits per heavy atom. The summed E-state index contributed by atoms with van der Waals surface area (Å²) in [5.74, 6) is 0.763. The van der Waals surface area contributed by atoms with E-state index in [0.717, 1.165) is 22.3 Å². The highest BCUT2D eigenvalue weighted by atomic mass is 35.5. The Morgan fingerprint density at radius 2 is 0.976 bits per heavy atom. The molecule has 0 N–H and O–H groups in total. The van der Waals surface area contributed by atoms with Gasteiger partial charge in [0.15, 0.2) is 13.2 Å². The maximum Gasteiger partial charge on any atom is 0.260 e. The fourth-order valence-electron chi connectivity index (χ4n) is 4.32. The van der Waals surface area contributed by atoms with Crippen LogP contribution in [0.4, 0.5) is 0 Å². The van der Waals surface area contributed by atoms with Gasteiger partial charge in [-0.05, 0) is 72.5 Å². The van der Waals surface area contributed by atoms with Crippen molar-refractivity contribution in [2.24, 2.45) is 0 Å². The Kier molecular flexibility index (Phi) is 11.3. The van der Waals surface area contributed by atoms with E-state index in [1.807, 2.05) is 74.5 Å². The van der Waals surface area contributed by atoms with E-state index in [4.69, 9.17) is 32.7 Å². The van der Waals surface area contributed by atoms with Crippen LogP contribution in [0.1, 0.15) is 22.3 Å². The van der Waals surface area contributed by atoms with E-state index >= 15 is 0 Å². The summed E-state index contributed by atoms with van der Waals surface area (Å²) in [6.07, 6.45) is 0. The van der Waals surface area contributed by atoms with Crippen LogP contribution in [0.5, 0.6) is 11.5 Å². The van der Waals surface area contributed by atoms with E-state index in [2.05, 4.69) is 0 Å². The fraction of sp³-hybridized carbons (Fsp3) is 0.235. The second-order valence-electron chi connectivity index (χ2n) is 10.0. The van der Waals surface area contributed by atoms with Crippen molar-refractivity contribution in [3.8, 4) is 11.5 Å². The van der Waals surface area contributed by atoms with Gasteiger partial charge in [0.2, 0.25) is 0 Å². The van der Waals surface area contributed by atoms with Crippen molar-refractivity contribution in [1.82, 2.24) is 9.80 Å². The molecule has 0 heterocycles. The summed E-state index contributed by atoms with van der Waals surface area (Å²) in [7, 11) is 0. The zero-order valence-corrected chi connectivity index (χ0v) is 25.3. The average Bonchev–Trinajstić information content (AvgIpc) is 3.00. The highest BCUT2D eigenvalue weighted by Crippen LogP contribution is 2.22. The molecule has 0 aromatic heterocycles. The number of nitrogens with zero attached hydrogens (tertiary/aromatic N) is 2. The standard InChI is InChI=1S/C34H34Cl2N2O4/c1-25-19-29(13-15-31(25)35)41-23-33(39)37(21-27-9-5-3-6-10-27)17-18-38(22-28-11-7-4-8-12-28)34(40)24-42-30-14-16-32(36)26(2)20-30/h3-16,19-20H,17-18,21-24H2,1-2H3. The fourth-order valence-corrected chi connectivity index (χ4v) is 4.55. The van der Waals surface area contributed by atoms with Crippen LogP contribution in [0.3, 0.4) is 0 Å². The van der Waals surface area contributed by atoms with Gasteiger partial charge < -0.3 is 19.3 Å². The number of ether oxygens (including phenoxy) is 2. The highest BCUT2D eigenvalue weighted by Gasteiger charge is 2.20. The molecule has 0 bridgehead atoms. The average molecular weight is 606 g/mol. The minimum Gasteiger partial charge on any atom is -0.484 e. The first-order valence-electron chi connectivity index (χ1n) is 13.7. The highest BCUT2D eigenvalue weighted by molar-refractivity contribution is 6.31. The summed E-state index contributed by atoms with van der Waals surface area (Å²) in [4.78, 5) is 30.3. The summed E-state index contributed by atoms with van der Waals surface area (Å²) in [5, 5.41) is 1.27. The van der Waals surface area contributed by atoms with Crippen LogP contribution in [0.2, 0.25) is 10.0 Å². The molecule has 0 fully saturated rings. The first-order chi connectivity index (χ1) is 20.3. The molecule has 42 heavy (non-hydrogen) atoms. The van der Waals surface area contributed by atoms with Crippen molar-refractivity contribution in [3.63, 3.8) is 0 Å². The number of carbonyl (C=O) groups is 2. The lowest BCUT2D eigenvalue weighted by atomic mass is 10.2. The summed E-state index contributed by atoms with van der Waals surface area (Å²) >= 11 is 12.3. The molecule has 6 nitrogen and oxygen atoms in total. The molecule has 0 radical (unpaired) electrons. The third-order valence-electron chi connectivity index (χ3n) is 6.76. The number of carbonyl (C=O) groups excluding carboxylic acids is 2. The number of amides is 2. The maximum absolute atomic E-state index is 13.4. The van der Waals surface area contributed by atoms with Crippen LogP contribution in [0.25, 0.3) is 0 Å². The third-order valence-corrected chi connectivity index (χ3v) is 7.61. The van der Waals surface area contributed by atoms with Gasteiger partial charge in [-0.25, -0.2) is 0 Å². The molecule has 218 valence electrons. The van der Waals surface area contributed by atoms with Crippen molar-refractivity contribution < 1.29 is 19.1 Å². The zero-order chi connectivity index (χ0) is 29.9. The van der Waals surface area contributed by atoms with Gasteiger partial charge in [-0.1, -0.05) is 83.9 Å². The zero-order valence-electron chi connectivity index (χ0n) is 23.8. The smallest absolute Gasteiger partial charge is 0.260 e. The Bertz CT molecular complexity index is 1370. The van der Waals surface area contributed by atoms with Crippen LogP contribution in [-0.4, -0.2) is 47.9 Å². The number of hydrogen-bond acceptors (Lipinski definition) is 4. The van der Waals surface area contributed by atoms with Gasteiger partial charge in [0.1, 0.15) is 11.5 Å². The molecule has 4 rings (SSSR count). The number of hydrogen-bond donors (Lipinski definition) is 0. The predicted molar refractivity (Wildman–Crippen MR) is 167 cm³/mol. The van der Waals surface area contributed by atoms with Gasteiger partial charge in [-0.2, -0.15) is 0 Å². The van der Waals surface area contributed by atoms with Crippen molar-refractivity contribution in [3.05, 3.63) is 129 Å². The third kappa shape index (κ3) is 9.26. The van der Waals surface area contributed by atoms with E-state index in [1.165, 1.54) is 0 Å².